The van der Waals surface area contributed by atoms with Crippen LogP contribution in [-0.4, -0.2) is 28.6 Å². The van der Waals surface area contributed by atoms with Crippen molar-refractivity contribution in [2.45, 2.75) is 44.5 Å². The molecule has 1 atom stereocenters. The summed E-state index contributed by atoms with van der Waals surface area (Å²) in [5.41, 5.74) is 3.69. The molecule has 2 N–H and O–H groups in total. The molecule has 0 aliphatic carbocycles. The fraction of sp³-hybridized carbons (Fsp3) is 0.304. The number of nitrogens with zero attached hydrogens (tertiary/aromatic N) is 3. The number of nitriles is 1. The molecule has 34 heavy (non-hydrogen) atoms. The maximum atomic E-state index is 13.5. The normalized spacial score (nSPS) is 19.5. The molecule has 7 nitrogen and oxygen atoms in total. The van der Waals surface area contributed by atoms with Crippen molar-refractivity contribution in [1.82, 2.24) is 0 Å². The molecule has 0 spiro atoms. The molecule has 2 amide bonds. The van der Waals surface area contributed by atoms with Crippen molar-refractivity contribution in [2.75, 3.05) is 9.80 Å². The Morgan fingerprint density at radius 2 is 1.91 bits per heavy atom. The number of carbonyl (C=O) groups is 2. The van der Waals surface area contributed by atoms with E-state index in [-0.39, 0.29) is 10.8 Å². The maximum Gasteiger partial charge on any atom is 0.417 e. The van der Waals surface area contributed by atoms with Crippen molar-refractivity contribution in [3.05, 3.63) is 53.1 Å². The Labute approximate surface area is 198 Å². The summed E-state index contributed by atoms with van der Waals surface area (Å²) >= 11 is 5.55. The predicted octanol–water partition coefficient (Wildman–Crippen LogP) is 3.67. The summed E-state index contributed by atoms with van der Waals surface area (Å²) in [5.74, 6) is -0.580. The van der Waals surface area contributed by atoms with Crippen molar-refractivity contribution in [2.24, 2.45) is 5.73 Å². The Kier molecular flexibility index (Phi) is 5.52. The van der Waals surface area contributed by atoms with E-state index in [9.17, 15) is 22.8 Å². The van der Waals surface area contributed by atoms with Crippen LogP contribution in [0.4, 0.5) is 24.5 Å². The summed E-state index contributed by atoms with van der Waals surface area (Å²) in [6, 6.07) is 9.65. The number of thiocarbonyl (C=S) groups is 1. The molecule has 11 heteroatoms. The zero-order valence-corrected chi connectivity index (χ0v) is 19.0. The van der Waals surface area contributed by atoms with E-state index in [0.717, 1.165) is 22.6 Å². The number of fused-ring (bicyclic) bond motifs is 1. The van der Waals surface area contributed by atoms with Crippen LogP contribution in [0.3, 0.4) is 0 Å². The minimum Gasteiger partial charge on any atom is -0.480 e. The number of rotatable bonds is 3. The number of primary amides is 1. The number of hydrogen-bond acceptors (Lipinski definition) is 5. The number of halogens is 3. The molecule has 2 aliphatic rings. The number of anilines is 2. The van der Waals surface area contributed by atoms with E-state index in [1.54, 1.807) is 36.9 Å². The van der Waals surface area contributed by atoms with Gasteiger partial charge in [-0.15, -0.1) is 0 Å². The van der Waals surface area contributed by atoms with E-state index in [2.05, 4.69) is 0 Å². The Morgan fingerprint density at radius 1 is 1.24 bits per heavy atom. The molecule has 0 aromatic heterocycles. The third-order valence-corrected chi connectivity index (χ3v) is 6.29. The van der Waals surface area contributed by atoms with Gasteiger partial charge in [0.15, 0.2) is 11.2 Å². The standard InChI is InChI=1S/C23H19F3N4O3S/c1-22(2)20(32)29(14-5-3-13(11-27)16(10-14)23(24,25)26)21(34)30(22)15-6-8-17-12(9-15)4-7-18(33-17)19(28)31/h3,5-6,8-10,18H,4,7H2,1-2H3,(H2,28,31). The third-order valence-electron chi connectivity index (χ3n) is 5.92. The molecule has 1 fully saturated rings. The molecule has 2 aliphatic heterocycles. The van der Waals surface area contributed by atoms with Gasteiger partial charge in [0.25, 0.3) is 11.8 Å². The van der Waals surface area contributed by atoms with Gasteiger partial charge in [-0.25, -0.2) is 0 Å². The molecule has 4 rings (SSSR count). The van der Waals surface area contributed by atoms with Gasteiger partial charge < -0.3 is 15.4 Å². The van der Waals surface area contributed by atoms with Gasteiger partial charge in [0, 0.05) is 5.69 Å². The molecule has 2 heterocycles. The second-order valence-electron chi connectivity index (χ2n) is 8.50. The first kappa shape index (κ1) is 23.5. The highest BCUT2D eigenvalue weighted by atomic mass is 32.1. The summed E-state index contributed by atoms with van der Waals surface area (Å²) in [6.07, 6.45) is -4.59. The van der Waals surface area contributed by atoms with Crippen LogP contribution in [0.25, 0.3) is 0 Å². The summed E-state index contributed by atoms with van der Waals surface area (Å²) in [6.45, 7) is 3.24. The number of hydrogen-bond donors (Lipinski definition) is 1. The van der Waals surface area contributed by atoms with Crippen molar-refractivity contribution < 1.29 is 27.5 Å². The van der Waals surface area contributed by atoms with E-state index < -0.39 is 40.8 Å². The maximum absolute atomic E-state index is 13.5. The number of alkyl halides is 3. The monoisotopic (exact) mass is 488 g/mol. The van der Waals surface area contributed by atoms with Gasteiger partial charge in [-0.2, -0.15) is 18.4 Å². The van der Waals surface area contributed by atoms with Crippen LogP contribution in [0.5, 0.6) is 5.75 Å². The van der Waals surface area contributed by atoms with Crippen molar-refractivity contribution >= 4 is 40.5 Å². The quantitative estimate of drug-likeness (QED) is 0.662. The zero-order chi connectivity index (χ0) is 25.0. The number of carbonyl (C=O) groups excluding carboxylic acids is 2. The van der Waals surface area contributed by atoms with Crippen LogP contribution in [-0.2, 0) is 22.2 Å². The first-order valence-corrected chi connectivity index (χ1v) is 10.7. The van der Waals surface area contributed by atoms with Crippen LogP contribution < -0.4 is 20.3 Å². The van der Waals surface area contributed by atoms with Gasteiger partial charge in [-0.05, 0) is 80.9 Å². The molecular formula is C23H19F3N4O3S. The molecule has 2 aromatic carbocycles. The lowest BCUT2D eigenvalue weighted by Gasteiger charge is -2.31. The minimum atomic E-state index is -4.78. The second kappa shape index (κ2) is 7.99. The van der Waals surface area contributed by atoms with E-state index in [1.807, 2.05) is 0 Å². The van der Waals surface area contributed by atoms with E-state index in [0.29, 0.717) is 24.3 Å². The van der Waals surface area contributed by atoms with E-state index in [1.165, 1.54) is 12.1 Å². The zero-order valence-electron chi connectivity index (χ0n) is 18.1. The summed E-state index contributed by atoms with van der Waals surface area (Å²) in [7, 11) is 0. The van der Waals surface area contributed by atoms with Gasteiger partial charge in [-0.1, -0.05) is 0 Å². The van der Waals surface area contributed by atoms with Gasteiger partial charge in [0.05, 0.1) is 22.9 Å². The third kappa shape index (κ3) is 3.74. The largest absolute Gasteiger partial charge is 0.480 e. The molecule has 0 radical (unpaired) electrons. The number of amides is 2. The first-order chi connectivity index (χ1) is 15.9. The average molecular weight is 488 g/mol. The van der Waals surface area contributed by atoms with Crippen LogP contribution in [0.2, 0.25) is 0 Å². The highest BCUT2D eigenvalue weighted by Crippen LogP contribution is 2.41. The lowest BCUT2D eigenvalue weighted by Crippen LogP contribution is -2.44. The van der Waals surface area contributed by atoms with Crippen LogP contribution in [0.15, 0.2) is 36.4 Å². The SMILES string of the molecule is CC1(C)C(=O)N(c2ccc(C#N)c(C(F)(F)F)c2)C(=S)N1c1ccc2c(c1)CCC(C(N)=O)O2. The topological polar surface area (TPSA) is 99.7 Å². The smallest absolute Gasteiger partial charge is 0.417 e. The van der Waals surface area contributed by atoms with Crippen LogP contribution in [0, 0.1) is 11.3 Å². The summed E-state index contributed by atoms with van der Waals surface area (Å²) < 4.78 is 46.1. The number of benzene rings is 2. The van der Waals surface area contributed by atoms with Crippen LogP contribution in [0.1, 0.15) is 37.0 Å². The lowest BCUT2D eigenvalue weighted by atomic mass is 9.99. The van der Waals surface area contributed by atoms with Crippen LogP contribution >= 0.6 is 12.2 Å². The molecule has 2 aromatic rings. The minimum absolute atomic E-state index is 0.000442. The fourth-order valence-electron chi connectivity index (χ4n) is 4.17. The van der Waals surface area contributed by atoms with Gasteiger partial charge in [0.1, 0.15) is 11.3 Å². The van der Waals surface area contributed by atoms with E-state index in [4.69, 9.17) is 28.0 Å². The Balaban J connectivity index is 1.73. The van der Waals surface area contributed by atoms with Crippen molar-refractivity contribution in [1.29, 1.82) is 5.26 Å². The Bertz CT molecular complexity index is 1270. The van der Waals surface area contributed by atoms with Gasteiger partial charge in [-0.3, -0.25) is 14.5 Å². The lowest BCUT2D eigenvalue weighted by molar-refractivity contribution is -0.137. The average Bonchev–Trinajstić information content (AvgIpc) is 2.95. The van der Waals surface area contributed by atoms with Crippen molar-refractivity contribution in [3.8, 4) is 11.8 Å². The molecule has 1 unspecified atom stereocenters. The van der Waals surface area contributed by atoms with Gasteiger partial charge in [0.2, 0.25) is 0 Å². The first-order valence-electron chi connectivity index (χ1n) is 10.2. The Hall–Kier alpha value is -3.65. The molecule has 0 bridgehead atoms. The summed E-state index contributed by atoms with van der Waals surface area (Å²) in [5, 5.41) is 9.06. The molecule has 1 saturated heterocycles. The summed E-state index contributed by atoms with van der Waals surface area (Å²) in [4.78, 5) is 27.4. The van der Waals surface area contributed by atoms with Gasteiger partial charge >= 0.3 is 6.18 Å². The highest BCUT2D eigenvalue weighted by Gasteiger charge is 2.51. The fourth-order valence-corrected chi connectivity index (χ4v) is 4.70. The number of aryl methyl sites for hydroxylation is 1. The molecule has 0 saturated carbocycles. The van der Waals surface area contributed by atoms with E-state index >= 15 is 0 Å². The molecular weight excluding hydrogens is 469 g/mol. The highest BCUT2D eigenvalue weighted by molar-refractivity contribution is 7.81. The number of ether oxygens (including phenoxy) is 1. The number of nitrogens with two attached hydrogens (primary N) is 1. The predicted molar refractivity (Wildman–Crippen MR) is 121 cm³/mol. The molecule has 176 valence electrons. The second-order valence-corrected chi connectivity index (χ2v) is 8.86. The van der Waals surface area contributed by atoms with Crippen molar-refractivity contribution in [3.63, 3.8) is 0 Å². The Morgan fingerprint density at radius 3 is 2.53 bits per heavy atom.